The van der Waals surface area contributed by atoms with Gasteiger partial charge in [-0.25, -0.2) is 0 Å². The summed E-state index contributed by atoms with van der Waals surface area (Å²) in [5.41, 5.74) is 8.49. The molecule has 2 aromatic rings. The summed E-state index contributed by atoms with van der Waals surface area (Å²) in [5.74, 6) is -0.175. The molecule has 5 nitrogen and oxygen atoms in total. The van der Waals surface area contributed by atoms with E-state index in [0.29, 0.717) is 25.9 Å². The molecule has 0 aliphatic heterocycles. The molecule has 1 aromatic heterocycles. The quantitative estimate of drug-likeness (QED) is 0.642. The zero-order chi connectivity index (χ0) is 14.4. The van der Waals surface area contributed by atoms with Gasteiger partial charge in [0, 0.05) is 31.8 Å². The Morgan fingerprint density at radius 2 is 2.00 bits per heavy atom. The van der Waals surface area contributed by atoms with E-state index in [4.69, 9.17) is 10.5 Å². The standard InChI is InChI=1S/C15H19N3O2/c1-18-11-13(10-17-18)8-9-20-15(19)7-4-12-2-5-14(16)6-3-12/h2-3,5-6,10-11H,4,7-9,16H2,1H3. The van der Waals surface area contributed by atoms with E-state index < -0.39 is 0 Å². The molecule has 2 rings (SSSR count). The molecule has 0 spiro atoms. The van der Waals surface area contributed by atoms with Crippen LogP contribution in [0.15, 0.2) is 36.7 Å². The van der Waals surface area contributed by atoms with Crippen LogP contribution in [0, 0.1) is 0 Å². The topological polar surface area (TPSA) is 70.1 Å². The van der Waals surface area contributed by atoms with Gasteiger partial charge in [0.2, 0.25) is 0 Å². The monoisotopic (exact) mass is 273 g/mol. The third-order valence-corrected chi connectivity index (χ3v) is 3.01. The number of nitrogen functional groups attached to an aromatic ring is 1. The van der Waals surface area contributed by atoms with E-state index in [9.17, 15) is 4.79 Å². The van der Waals surface area contributed by atoms with Crippen LogP contribution in [0.2, 0.25) is 0 Å². The molecule has 5 heteroatoms. The lowest BCUT2D eigenvalue weighted by molar-refractivity contribution is -0.143. The van der Waals surface area contributed by atoms with E-state index in [1.54, 1.807) is 10.9 Å². The number of nitrogens with zero attached hydrogens (tertiary/aromatic N) is 2. The molecule has 0 fully saturated rings. The Kier molecular flexibility index (Phi) is 4.76. The van der Waals surface area contributed by atoms with E-state index in [-0.39, 0.29) is 5.97 Å². The van der Waals surface area contributed by atoms with Crippen molar-refractivity contribution in [1.82, 2.24) is 9.78 Å². The van der Waals surface area contributed by atoms with Gasteiger partial charge in [0.15, 0.2) is 0 Å². The highest BCUT2D eigenvalue weighted by Crippen LogP contribution is 2.08. The fourth-order valence-corrected chi connectivity index (χ4v) is 1.89. The maximum Gasteiger partial charge on any atom is 0.306 e. The number of hydrogen-bond acceptors (Lipinski definition) is 4. The number of esters is 1. The summed E-state index contributed by atoms with van der Waals surface area (Å²) in [6.45, 7) is 0.395. The van der Waals surface area contributed by atoms with Crippen LogP contribution in [0.3, 0.4) is 0 Å². The van der Waals surface area contributed by atoms with Crippen molar-refractivity contribution in [2.45, 2.75) is 19.3 Å². The Labute approximate surface area is 118 Å². The van der Waals surface area contributed by atoms with Gasteiger partial charge in [-0.2, -0.15) is 5.10 Å². The molecule has 0 saturated heterocycles. The molecule has 0 amide bonds. The first kappa shape index (κ1) is 14.1. The minimum absolute atomic E-state index is 0.175. The molecule has 0 atom stereocenters. The number of ether oxygens (including phenoxy) is 1. The summed E-state index contributed by atoms with van der Waals surface area (Å²) < 4.78 is 6.93. The molecule has 0 aliphatic rings. The number of benzene rings is 1. The predicted octanol–water partition coefficient (Wildman–Crippen LogP) is 1.72. The van der Waals surface area contributed by atoms with E-state index in [2.05, 4.69) is 5.10 Å². The summed E-state index contributed by atoms with van der Waals surface area (Å²) in [5, 5.41) is 4.06. The van der Waals surface area contributed by atoms with Crippen LogP contribution in [0.4, 0.5) is 5.69 Å². The highest BCUT2D eigenvalue weighted by atomic mass is 16.5. The number of carbonyl (C=O) groups excluding carboxylic acids is 1. The highest BCUT2D eigenvalue weighted by Gasteiger charge is 2.04. The number of carbonyl (C=O) groups is 1. The van der Waals surface area contributed by atoms with Crippen LogP contribution < -0.4 is 5.73 Å². The van der Waals surface area contributed by atoms with E-state index in [1.165, 1.54) is 0 Å². The molecule has 0 aliphatic carbocycles. The number of hydrogen-bond donors (Lipinski definition) is 1. The number of nitrogens with two attached hydrogens (primary N) is 1. The van der Waals surface area contributed by atoms with Crippen LogP contribution >= 0.6 is 0 Å². The van der Waals surface area contributed by atoms with Gasteiger partial charge in [-0.05, 0) is 29.7 Å². The van der Waals surface area contributed by atoms with Crippen LogP contribution in [-0.4, -0.2) is 22.4 Å². The molecule has 20 heavy (non-hydrogen) atoms. The molecule has 106 valence electrons. The van der Waals surface area contributed by atoms with E-state index >= 15 is 0 Å². The lowest BCUT2D eigenvalue weighted by Crippen LogP contribution is -2.08. The summed E-state index contributed by atoms with van der Waals surface area (Å²) in [6, 6.07) is 7.53. The van der Waals surface area contributed by atoms with Gasteiger partial charge in [-0.15, -0.1) is 0 Å². The first-order valence-electron chi connectivity index (χ1n) is 6.61. The second-order valence-electron chi connectivity index (χ2n) is 4.73. The van der Waals surface area contributed by atoms with Gasteiger partial charge in [0.05, 0.1) is 12.8 Å². The molecule has 1 aromatic carbocycles. The van der Waals surface area contributed by atoms with Gasteiger partial charge < -0.3 is 10.5 Å². The van der Waals surface area contributed by atoms with Gasteiger partial charge >= 0.3 is 5.97 Å². The Hall–Kier alpha value is -2.30. The van der Waals surface area contributed by atoms with Crippen molar-refractivity contribution in [3.63, 3.8) is 0 Å². The minimum Gasteiger partial charge on any atom is -0.465 e. The largest absolute Gasteiger partial charge is 0.465 e. The van der Waals surface area contributed by atoms with Crippen molar-refractivity contribution in [1.29, 1.82) is 0 Å². The molecule has 0 radical (unpaired) electrons. The van der Waals surface area contributed by atoms with Crippen molar-refractivity contribution in [3.05, 3.63) is 47.8 Å². The first-order chi connectivity index (χ1) is 9.63. The maximum atomic E-state index is 11.6. The minimum atomic E-state index is -0.175. The molecular formula is C15H19N3O2. The smallest absolute Gasteiger partial charge is 0.306 e. The Bertz CT molecular complexity index is 561. The number of aromatic nitrogens is 2. The van der Waals surface area contributed by atoms with Crippen molar-refractivity contribution < 1.29 is 9.53 Å². The lowest BCUT2D eigenvalue weighted by Gasteiger charge is -2.04. The van der Waals surface area contributed by atoms with Gasteiger partial charge in [0.1, 0.15) is 0 Å². The van der Waals surface area contributed by atoms with Crippen molar-refractivity contribution in [2.24, 2.45) is 7.05 Å². The predicted molar refractivity (Wildman–Crippen MR) is 77.0 cm³/mol. The molecular weight excluding hydrogens is 254 g/mol. The molecule has 1 heterocycles. The van der Waals surface area contributed by atoms with E-state index in [0.717, 1.165) is 16.8 Å². The normalized spacial score (nSPS) is 10.4. The second-order valence-corrected chi connectivity index (χ2v) is 4.73. The van der Waals surface area contributed by atoms with Crippen LogP contribution in [-0.2, 0) is 29.4 Å². The summed E-state index contributed by atoms with van der Waals surface area (Å²) in [4.78, 5) is 11.6. The van der Waals surface area contributed by atoms with Gasteiger partial charge in [-0.1, -0.05) is 12.1 Å². The third-order valence-electron chi connectivity index (χ3n) is 3.01. The average molecular weight is 273 g/mol. The number of aryl methyl sites for hydroxylation is 2. The molecule has 0 bridgehead atoms. The molecule has 0 saturated carbocycles. The fourth-order valence-electron chi connectivity index (χ4n) is 1.89. The third kappa shape index (κ3) is 4.42. The number of rotatable bonds is 6. The second kappa shape index (κ2) is 6.75. The molecule has 2 N–H and O–H groups in total. The van der Waals surface area contributed by atoms with Gasteiger partial charge in [0.25, 0.3) is 0 Å². The maximum absolute atomic E-state index is 11.6. The summed E-state index contributed by atoms with van der Waals surface area (Å²) in [6.07, 6.45) is 5.45. The Balaban J connectivity index is 1.66. The van der Waals surface area contributed by atoms with Crippen molar-refractivity contribution in [2.75, 3.05) is 12.3 Å². The zero-order valence-electron chi connectivity index (χ0n) is 11.6. The van der Waals surface area contributed by atoms with Crippen LogP contribution in [0.5, 0.6) is 0 Å². The SMILES string of the molecule is Cn1cc(CCOC(=O)CCc2ccc(N)cc2)cn1. The van der Waals surface area contributed by atoms with Crippen molar-refractivity contribution in [3.8, 4) is 0 Å². The average Bonchev–Trinajstić information content (AvgIpc) is 2.84. The highest BCUT2D eigenvalue weighted by molar-refractivity contribution is 5.69. The summed E-state index contributed by atoms with van der Waals surface area (Å²) in [7, 11) is 1.86. The van der Waals surface area contributed by atoms with Crippen LogP contribution in [0.1, 0.15) is 17.5 Å². The zero-order valence-corrected chi connectivity index (χ0v) is 11.6. The first-order valence-corrected chi connectivity index (χ1v) is 6.61. The lowest BCUT2D eigenvalue weighted by atomic mass is 10.1. The molecule has 0 unspecified atom stereocenters. The Morgan fingerprint density at radius 1 is 1.25 bits per heavy atom. The van der Waals surface area contributed by atoms with Gasteiger partial charge in [-0.3, -0.25) is 9.48 Å². The fraction of sp³-hybridized carbons (Fsp3) is 0.333. The van der Waals surface area contributed by atoms with Crippen molar-refractivity contribution >= 4 is 11.7 Å². The summed E-state index contributed by atoms with van der Waals surface area (Å²) >= 11 is 0. The number of anilines is 1. The van der Waals surface area contributed by atoms with Crippen LogP contribution in [0.25, 0.3) is 0 Å². The Morgan fingerprint density at radius 3 is 2.65 bits per heavy atom. The van der Waals surface area contributed by atoms with E-state index in [1.807, 2.05) is 37.5 Å².